The zero-order valence-electron chi connectivity index (χ0n) is 40.2. The van der Waals surface area contributed by atoms with Gasteiger partial charge >= 0.3 is 18.5 Å². The Morgan fingerprint density at radius 2 is 0.569 bits per heavy atom. The molecule has 0 unspecified atom stereocenters. The number of hydrogen-bond acceptors (Lipinski definition) is 9. The SMILES string of the molecule is Cc1cc(CN2CC(=O)N(CCCN)CC(=O)N(Cc3cc(C)cc(C(F)(F)F)c3)CC(=O)N(CCCN)CC(=O)N(Cc3cc(C)cc(C(F)(F)F)c3)CC(=O)N(CCCN)CC2=O)cc(C(F)(F)F)c1. The van der Waals surface area contributed by atoms with E-state index in [0.29, 0.717) is 0 Å². The number of alkyl halides is 9. The van der Waals surface area contributed by atoms with E-state index in [1.807, 2.05) is 0 Å². The maximum Gasteiger partial charge on any atom is 0.416 e. The lowest BCUT2D eigenvalue weighted by atomic mass is 10.1. The molecule has 15 nitrogen and oxygen atoms in total. The highest BCUT2D eigenvalue weighted by atomic mass is 19.4. The van der Waals surface area contributed by atoms with Crippen LogP contribution in [0.5, 0.6) is 0 Å². The van der Waals surface area contributed by atoms with Crippen molar-refractivity contribution in [3.63, 3.8) is 0 Å². The highest BCUT2D eigenvalue weighted by Crippen LogP contribution is 2.33. The van der Waals surface area contributed by atoms with Gasteiger partial charge in [-0.3, -0.25) is 28.8 Å². The number of carbonyl (C=O) groups is 6. The highest BCUT2D eigenvalue weighted by Gasteiger charge is 2.36. The van der Waals surface area contributed by atoms with Gasteiger partial charge in [0.05, 0.1) is 36.3 Å². The van der Waals surface area contributed by atoms with Crippen LogP contribution in [0, 0.1) is 20.8 Å². The van der Waals surface area contributed by atoms with Crippen molar-refractivity contribution in [3.8, 4) is 0 Å². The van der Waals surface area contributed by atoms with Gasteiger partial charge in [0, 0.05) is 39.3 Å². The zero-order valence-corrected chi connectivity index (χ0v) is 40.2. The average molecular weight is 1030 g/mol. The summed E-state index contributed by atoms with van der Waals surface area (Å²) in [7, 11) is 0. The van der Waals surface area contributed by atoms with Gasteiger partial charge in [0.1, 0.15) is 19.6 Å². The first-order valence-corrected chi connectivity index (χ1v) is 22.9. The van der Waals surface area contributed by atoms with Gasteiger partial charge in [-0.15, -0.1) is 0 Å². The van der Waals surface area contributed by atoms with E-state index >= 15 is 0 Å². The van der Waals surface area contributed by atoms with Crippen LogP contribution in [0.1, 0.15) is 69.3 Å². The third kappa shape index (κ3) is 17.5. The lowest BCUT2D eigenvalue weighted by Gasteiger charge is -2.34. The van der Waals surface area contributed by atoms with Crippen LogP contribution in [0.2, 0.25) is 0 Å². The number of nitrogens with two attached hydrogens (primary N) is 3. The standard InChI is InChI=1S/C48H60F9N9O6/c1-31-13-34(19-37(16-31)46(49,50)51)22-64-28-40(67)62(11-5-8-59)26-44(71)66(24-36-15-33(3)18-39(21-36)48(55,56)57)30-42(69)63(12-6-9-60)27-45(72)65(29-41(68)61(10-4-7-58)25-43(64)70)23-35-14-32(2)17-38(20-35)47(52,53)54/h13-21H,4-12,22-30,58-60H2,1-3H3. The van der Waals surface area contributed by atoms with Crippen molar-refractivity contribution in [3.05, 3.63) is 105 Å². The van der Waals surface area contributed by atoms with E-state index in [9.17, 15) is 68.3 Å². The number of carbonyl (C=O) groups excluding carboxylic acids is 6. The maximum atomic E-state index is 14.5. The molecule has 6 amide bonds. The Balaban J connectivity index is 1.93. The van der Waals surface area contributed by atoms with Gasteiger partial charge in [0.25, 0.3) is 0 Å². The Bertz CT molecular complexity index is 2150. The molecule has 3 aromatic rings. The predicted octanol–water partition coefficient (Wildman–Crippen LogP) is 4.60. The largest absolute Gasteiger partial charge is 0.416 e. The molecule has 0 aliphatic carbocycles. The Labute approximate surface area is 411 Å². The quantitative estimate of drug-likeness (QED) is 0.182. The van der Waals surface area contributed by atoms with E-state index in [2.05, 4.69) is 0 Å². The second-order valence-electron chi connectivity index (χ2n) is 17.7. The molecular weight excluding hydrogens is 970 g/mol. The Morgan fingerprint density at radius 3 is 0.778 bits per heavy atom. The van der Waals surface area contributed by atoms with E-state index < -0.39 is 130 Å². The summed E-state index contributed by atoms with van der Waals surface area (Å²) >= 11 is 0. The van der Waals surface area contributed by atoms with Gasteiger partial charge in [-0.05, 0) is 113 Å². The summed E-state index contributed by atoms with van der Waals surface area (Å²) in [5.74, 6) is -5.76. The molecule has 0 bridgehead atoms. The molecule has 1 aliphatic rings. The minimum Gasteiger partial charge on any atom is -0.332 e. The molecule has 1 fully saturated rings. The van der Waals surface area contributed by atoms with Crippen molar-refractivity contribution in [2.45, 2.75) is 78.2 Å². The second-order valence-corrected chi connectivity index (χ2v) is 17.7. The minimum absolute atomic E-state index is 0.0252. The van der Waals surface area contributed by atoms with Crippen molar-refractivity contribution >= 4 is 35.4 Å². The molecule has 4 rings (SSSR count). The van der Waals surface area contributed by atoms with Crippen molar-refractivity contribution < 1.29 is 68.3 Å². The summed E-state index contributed by atoms with van der Waals surface area (Å²) in [5, 5.41) is 0. The molecule has 3 aromatic carbocycles. The molecule has 1 aliphatic heterocycles. The Hall–Kier alpha value is -6.27. The summed E-state index contributed by atoms with van der Waals surface area (Å²) in [5.41, 5.74) is 14.3. The van der Waals surface area contributed by atoms with Crippen LogP contribution in [-0.4, -0.2) is 143 Å². The zero-order chi connectivity index (χ0) is 53.7. The monoisotopic (exact) mass is 1030 g/mol. The molecule has 24 heteroatoms. The molecular formula is C48H60F9N9O6. The molecule has 0 aromatic heterocycles. The number of halogens is 9. The first-order valence-electron chi connectivity index (χ1n) is 22.9. The normalized spacial score (nSPS) is 16.0. The third-order valence-corrected chi connectivity index (χ3v) is 11.5. The number of amides is 6. The van der Waals surface area contributed by atoms with Crippen LogP contribution in [0.4, 0.5) is 39.5 Å². The molecule has 1 heterocycles. The van der Waals surface area contributed by atoms with Crippen molar-refractivity contribution in [2.75, 3.05) is 78.5 Å². The van der Waals surface area contributed by atoms with E-state index in [1.165, 1.54) is 39.0 Å². The van der Waals surface area contributed by atoms with E-state index in [-0.39, 0.29) is 91.9 Å². The second kappa shape index (κ2) is 25.4. The molecule has 0 spiro atoms. The Morgan fingerprint density at radius 1 is 0.361 bits per heavy atom. The van der Waals surface area contributed by atoms with Crippen molar-refractivity contribution in [2.24, 2.45) is 17.2 Å². The molecule has 1 saturated heterocycles. The number of aryl methyl sites for hydroxylation is 3. The summed E-state index contributed by atoms with van der Waals surface area (Å²) < 4.78 is 126. The van der Waals surface area contributed by atoms with E-state index in [0.717, 1.165) is 65.8 Å². The smallest absolute Gasteiger partial charge is 0.332 e. The van der Waals surface area contributed by atoms with Gasteiger partial charge in [-0.2, -0.15) is 39.5 Å². The summed E-state index contributed by atoms with van der Waals surface area (Å²) in [6.45, 7) is -3.82. The topological polar surface area (TPSA) is 200 Å². The molecule has 6 N–H and O–H groups in total. The Kier molecular flexibility index (Phi) is 20.6. The molecule has 0 radical (unpaired) electrons. The third-order valence-electron chi connectivity index (χ3n) is 11.5. The fourth-order valence-corrected chi connectivity index (χ4v) is 8.01. The number of nitrogens with zero attached hydrogens (tertiary/aromatic N) is 6. The summed E-state index contributed by atoms with van der Waals surface area (Å²) in [4.78, 5) is 92.2. The maximum absolute atomic E-state index is 14.5. The van der Waals surface area contributed by atoms with Crippen LogP contribution >= 0.6 is 0 Å². The lowest BCUT2D eigenvalue weighted by molar-refractivity contribution is -0.150. The molecule has 0 saturated carbocycles. The van der Waals surface area contributed by atoms with Gasteiger partial charge in [0.15, 0.2) is 0 Å². The van der Waals surface area contributed by atoms with Crippen molar-refractivity contribution in [1.29, 1.82) is 0 Å². The number of benzene rings is 3. The number of rotatable bonds is 15. The van der Waals surface area contributed by atoms with Gasteiger partial charge in [0.2, 0.25) is 35.4 Å². The summed E-state index contributed by atoms with van der Waals surface area (Å²) in [6, 6.07) is 8.92. The van der Waals surface area contributed by atoms with Crippen LogP contribution in [0.15, 0.2) is 54.6 Å². The van der Waals surface area contributed by atoms with Gasteiger partial charge in [-0.25, -0.2) is 0 Å². The van der Waals surface area contributed by atoms with E-state index in [4.69, 9.17) is 17.2 Å². The van der Waals surface area contributed by atoms with Crippen LogP contribution in [0.3, 0.4) is 0 Å². The van der Waals surface area contributed by atoms with E-state index in [1.54, 1.807) is 0 Å². The number of hydrogen-bond donors (Lipinski definition) is 3. The average Bonchev–Trinajstić information content (AvgIpc) is 3.27. The van der Waals surface area contributed by atoms with Crippen LogP contribution in [-0.2, 0) is 66.9 Å². The molecule has 0 atom stereocenters. The summed E-state index contributed by atoms with van der Waals surface area (Å²) in [6.07, 6.45) is -14.3. The van der Waals surface area contributed by atoms with Crippen molar-refractivity contribution in [1.82, 2.24) is 29.4 Å². The minimum atomic E-state index is -4.82. The molecule has 396 valence electrons. The highest BCUT2D eigenvalue weighted by molar-refractivity contribution is 5.94. The van der Waals surface area contributed by atoms with Gasteiger partial charge in [-0.1, -0.05) is 34.9 Å². The predicted molar refractivity (Wildman–Crippen MR) is 246 cm³/mol. The molecule has 72 heavy (non-hydrogen) atoms. The fraction of sp³-hybridized carbons (Fsp3) is 0.500. The van der Waals surface area contributed by atoms with Crippen LogP contribution < -0.4 is 17.2 Å². The first kappa shape index (κ1) is 58.3. The van der Waals surface area contributed by atoms with Gasteiger partial charge < -0.3 is 46.6 Å². The first-order chi connectivity index (χ1) is 33.6. The van der Waals surface area contributed by atoms with Crippen LogP contribution in [0.25, 0.3) is 0 Å². The lowest BCUT2D eigenvalue weighted by Crippen LogP contribution is -2.53. The fourth-order valence-electron chi connectivity index (χ4n) is 8.01.